The number of nitrogens with one attached hydrogen (secondary N) is 1. The van der Waals surface area contributed by atoms with Crippen molar-refractivity contribution in [1.29, 1.82) is 0 Å². The average Bonchev–Trinajstić information content (AvgIpc) is 3.20. The van der Waals surface area contributed by atoms with E-state index in [1.807, 2.05) is 0 Å². The molecule has 4 fully saturated rings. The number of amides is 3. The van der Waals surface area contributed by atoms with Gasteiger partial charge in [-0.3, -0.25) is 9.69 Å². The van der Waals surface area contributed by atoms with Crippen LogP contribution in [0.1, 0.15) is 112 Å². The summed E-state index contributed by atoms with van der Waals surface area (Å²) >= 11 is 0. The smallest absolute Gasteiger partial charge is 0.334 e. The Bertz CT molecular complexity index is 1130. The van der Waals surface area contributed by atoms with Crippen LogP contribution in [0.15, 0.2) is 0 Å². The van der Waals surface area contributed by atoms with E-state index in [0.717, 1.165) is 19.3 Å². The van der Waals surface area contributed by atoms with Crippen LogP contribution in [0.3, 0.4) is 0 Å². The Morgan fingerprint density at radius 1 is 0.652 bits per heavy atom. The molecule has 1 spiro atoms. The van der Waals surface area contributed by atoms with Crippen LogP contribution in [-0.4, -0.2) is 108 Å². The normalized spacial score (nSPS) is 22.7. The van der Waals surface area contributed by atoms with E-state index < -0.39 is 16.6 Å². The fraction of sp³-hybridized carbons (Fsp3) is 0.853. The van der Waals surface area contributed by atoms with E-state index in [9.17, 15) is 9.59 Å². The monoisotopic (exact) mass is 642 g/mol. The Morgan fingerprint density at radius 2 is 1.09 bits per heavy atom. The molecule has 0 bridgehead atoms. The number of nitrogens with zero attached hydrogens (tertiary/aromatic N) is 7. The average molecular weight is 643 g/mol. The second kappa shape index (κ2) is 15.1. The number of unbranched alkanes of at least 4 members (excludes halogenated alkanes) is 9. The van der Waals surface area contributed by atoms with Crippen molar-refractivity contribution in [3.05, 3.63) is 0 Å². The number of ether oxygens (including phenoxy) is 2. The molecule has 258 valence electrons. The molecule has 3 amide bonds. The summed E-state index contributed by atoms with van der Waals surface area (Å²) in [6.45, 7) is 16.1. The van der Waals surface area contributed by atoms with Crippen molar-refractivity contribution >= 4 is 29.8 Å². The van der Waals surface area contributed by atoms with Crippen molar-refractivity contribution < 1.29 is 19.1 Å². The van der Waals surface area contributed by atoms with Crippen molar-refractivity contribution in [3.63, 3.8) is 0 Å². The molecule has 0 saturated carbocycles. The van der Waals surface area contributed by atoms with E-state index >= 15 is 0 Å². The summed E-state index contributed by atoms with van der Waals surface area (Å²) in [5.41, 5.74) is -1.88. The number of hydrogen-bond acceptors (Lipinski definition) is 10. The standard InChI is InChI=1S/C34H58N8O4/c1-6-7-8-9-10-11-12-13-14-15-16-41-27(43)34(25-32(2,3)38-33(4,5)26-34)42(31(41)44)30-36-28(39-17-21-45-22-18-39)35-29(37-30)40-19-23-46-24-20-40/h38H,6-26H2,1-5H3. The van der Waals surface area contributed by atoms with Crippen LogP contribution in [0.5, 0.6) is 0 Å². The minimum atomic E-state index is -1.10. The molecule has 46 heavy (non-hydrogen) atoms. The molecule has 4 aliphatic heterocycles. The van der Waals surface area contributed by atoms with Crippen molar-refractivity contribution in [2.24, 2.45) is 0 Å². The quantitative estimate of drug-likeness (QED) is 0.222. The van der Waals surface area contributed by atoms with Crippen molar-refractivity contribution in [2.75, 3.05) is 73.9 Å². The van der Waals surface area contributed by atoms with Gasteiger partial charge < -0.3 is 24.6 Å². The minimum Gasteiger partial charge on any atom is -0.378 e. The van der Waals surface area contributed by atoms with Crippen LogP contribution in [0.4, 0.5) is 22.6 Å². The molecular weight excluding hydrogens is 584 g/mol. The van der Waals surface area contributed by atoms with E-state index in [1.165, 1.54) is 49.8 Å². The number of carbonyl (C=O) groups is 2. The van der Waals surface area contributed by atoms with Gasteiger partial charge in [0.2, 0.25) is 17.8 Å². The molecule has 4 aliphatic rings. The summed E-state index contributed by atoms with van der Waals surface area (Å²) in [7, 11) is 0. The summed E-state index contributed by atoms with van der Waals surface area (Å²) in [6, 6.07) is -0.318. The predicted octanol–water partition coefficient (Wildman–Crippen LogP) is 4.91. The zero-order valence-corrected chi connectivity index (χ0v) is 29.1. The fourth-order valence-corrected chi connectivity index (χ4v) is 8.06. The van der Waals surface area contributed by atoms with Gasteiger partial charge >= 0.3 is 6.03 Å². The Morgan fingerprint density at radius 3 is 1.57 bits per heavy atom. The second-order valence-electron chi connectivity index (χ2n) is 15.0. The maximum Gasteiger partial charge on any atom is 0.334 e. The number of urea groups is 1. The number of aromatic nitrogens is 3. The molecule has 1 aromatic rings. The minimum absolute atomic E-state index is 0.127. The highest BCUT2D eigenvalue weighted by Crippen LogP contribution is 2.46. The number of morpholine rings is 2. The molecule has 1 aromatic heterocycles. The van der Waals surface area contributed by atoms with Gasteiger partial charge in [-0.15, -0.1) is 0 Å². The first kappa shape index (κ1) is 34.8. The van der Waals surface area contributed by atoms with E-state index in [2.05, 4.69) is 49.7 Å². The lowest BCUT2D eigenvalue weighted by Crippen LogP contribution is -2.69. The number of hydrogen-bond donors (Lipinski definition) is 1. The summed E-state index contributed by atoms with van der Waals surface area (Å²) < 4.78 is 11.2. The molecule has 0 aromatic carbocycles. The highest BCUT2D eigenvalue weighted by molar-refractivity contribution is 6.16. The number of imide groups is 1. The van der Waals surface area contributed by atoms with Gasteiger partial charge in [0.15, 0.2) is 0 Å². The van der Waals surface area contributed by atoms with Crippen molar-refractivity contribution in [3.8, 4) is 0 Å². The topological polar surface area (TPSA) is 116 Å². The largest absolute Gasteiger partial charge is 0.378 e. The SMILES string of the molecule is CCCCCCCCCCCCN1C(=O)N(c2nc(N3CCOCC3)nc(N3CCOCC3)n2)C2(CC(C)(C)NC(C)(C)C2)C1=O. The molecule has 1 N–H and O–H groups in total. The van der Waals surface area contributed by atoms with E-state index in [-0.39, 0.29) is 17.9 Å². The molecule has 0 atom stereocenters. The van der Waals surface area contributed by atoms with Crippen LogP contribution < -0.4 is 20.0 Å². The van der Waals surface area contributed by atoms with Gasteiger partial charge in [-0.05, 0) is 47.0 Å². The predicted molar refractivity (Wildman–Crippen MR) is 181 cm³/mol. The van der Waals surface area contributed by atoms with Crippen LogP contribution >= 0.6 is 0 Å². The van der Waals surface area contributed by atoms with Crippen molar-refractivity contribution in [2.45, 2.75) is 128 Å². The molecule has 5 rings (SSSR count). The third-order valence-electron chi connectivity index (χ3n) is 9.76. The summed E-state index contributed by atoms with van der Waals surface area (Å²) in [4.78, 5) is 51.2. The molecule has 12 heteroatoms. The van der Waals surface area contributed by atoms with E-state index in [1.54, 1.807) is 4.90 Å². The van der Waals surface area contributed by atoms with Gasteiger partial charge in [0.05, 0.1) is 26.4 Å². The van der Waals surface area contributed by atoms with E-state index in [4.69, 9.17) is 24.4 Å². The van der Waals surface area contributed by atoms with Gasteiger partial charge in [0.1, 0.15) is 5.54 Å². The van der Waals surface area contributed by atoms with Crippen molar-refractivity contribution in [1.82, 2.24) is 25.2 Å². The fourth-order valence-electron chi connectivity index (χ4n) is 8.06. The first-order chi connectivity index (χ1) is 22.1. The molecule has 0 radical (unpaired) electrons. The molecular formula is C34H58N8O4. The first-order valence-electron chi connectivity index (χ1n) is 17.9. The van der Waals surface area contributed by atoms with Gasteiger partial charge in [-0.25, -0.2) is 9.69 Å². The Hall–Kier alpha value is -2.57. The van der Waals surface area contributed by atoms with Crippen LogP contribution in [-0.2, 0) is 14.3 Å². The summed E-state index contributed by atoms with van der Waals surface area (Å²) in [6.07, 6.45) is 12.9. The first-order valence-corrected chi connectivity index (χ1v) is 17.9. The summed E-state index contributed by atoms with van der Waals surface area (Å²) in [5.74, 6) is 1.17. The lowest BCUT2D eigenvalue weighted by atomic mass is 9.70. The Kier molecular flexibility index (Phi) is 11.4. The van der Waals surface area contributed by atoms with E-state index in [0.29, 0.717) is 83.9 Å². The Labute approximate surface area is 276 Å². The maximum absolute atomic E-state index is 14.6. The zero-order chi connectivity index (χ0) is 32.8. The number of carbonyl (C=O) groups excluding carboxylic acids is 2. The third kappa shape index (κ3) is 8.10. The summed E-state index contributed by atoms with van der Waals surface area (Å²) in [5, 5.41) is 3.71. The zero-order valence-electron chi connectivity index (χ0n) is 29.1. The van der Waals surface area contributed by atoms with Gasteiger partial charge in [0, 0.05) is 43.8 Å². The Balaban J connectivity index is 1.41. The van der Waals surface area contributed by atoms with Gasteiger partial charge in [-0.1, -0.05) is 64.7 Å². The van der Waals surface area contributed by atoms with Gasteiger partial charge in [0.25, 0.3) is 5.91 Å². The maximum atomic E-state index is 14.6. The lowest BCUT2D eigenvalue weighted by Gasteiger charge is -2.52. The molecule has 0 aliphatic carbocycles. The molecule has 12 nitrogen and oxygen atoms in total. The second-order valence-corrected chi connectivity index (χ2v) is 15.0. The third-order valence-corrected chi connectivity index (χ3v) is 9.76. The highest BCUT2D eigenvalue weighted by Gasteiger charge is 2.64. The van der Waals surface area contributed by atoms with Crippen LogP contribution in [0, 0.1) is 0 Å². The van der Waals surface area contributed by atoms with Crippen LogP contribution in [0.2, 0.25) is 0 Å². The highest BCUT2D eigenvalue weighted by atomic mass is 16.5. The number of anilines is 3. The van der Waals surface area contributed by atoms with Gasteiger partial charge in [-0.2, -0.15) is 15.0 Å². The van der Waals surface area contributed by atoms with Crippen LogP contribution in [0.25, 0.3) is 0 Å². The number of rotatable bonds is 14. The number of piperidine rings is 1. The molecule has 0 unspecified atom stereocenters. The molecule has 4 saturated heterocycles. The lowest BCUT2D eigenvalue weighted by molar-refractivity contribution is -0.134. The molecule has 5 heterocycles.